The van der Waals surface area contributed by atoms with E-state index in [0.717, 1.165) is 32.7 Å². The minimum Gasteiger partial charge on any atom is -0.373 e. The van der Waals surface area contributed by atoms with Gasteiger partial charge in [0, 0.05) is 13.1 Å². The Labute approximate surface area is 81.2 Å². The quantitative estimate of drug-likeness (QED) is 0.661. The maximum Gasteiger partial charge on any atom is 0.0753 e. The summed E-state index contributed by atoms with van der Waals surface area (Å²) in [4.78, 5) is 2.47. The van der Waals surface area contributed by atoms with Gasteiger partial charge in [-0.1, -0.05) is 0 Å². The first kappa shape index (κ1) is 11.0. The fraction of sp³-hybridized carbons (Fsp3) is 1.00. The van der Waals surface area contributed by atoms with Gasteiger partial charge in [-0.2, -0.15) is 0 Å². The van der Waals surface area contributed by atoms with Crippen LogP contribution < -0.4 is 5.73 Å². The van der Waals surface area contributed by atoms with Crippen molar-refractivity contribution in [2.45, 2.75) is 32.3 Å². The molecule has 1 rings (SSSR count). The Hall–Kier alpha value is -0.120. The maximum atomic E-state index is 5.64. The molecule has 0 aliphatic carbocycles. The Morgan fingerprint density at radius 3 is 2.77 bits per heavy atom. The van der Waals surface area contributed by atoms with Crippen molar-refractivity contribution in [1.29, 1.82) is 0 Å². The number of ether oxygens (including phenoxy) is 1. The number of rotatable bonds is 4. The third-order valence-corrected chi connectivity index (χ3v) is 2.43. The van der Waals surface area contributed by atoms with E-state index in [2.05, 4.69) is 18.7 Å². The van der Waals surface area contributed by atoms with Gasteiger partial charge >= 0.3 is 0 Å². The third kappa shape index (κ3) is 4.07. The van der Waals surface area contributed by atoms with Crippen molar-refractivity contribution in [1.82, 2.24) is 4.90 Å². The van der Waals surface area contributed by atoms with Crippen LogP contribution in [0.1, 0.15) is 26.7 Å². The Kier molecular flexibility index (Phi) is 4.16. The molecule has 3 heteroatoms. The second-order valence-electron chi connectivity index (χ2n) is 4.38. The van der Waals surface area contributed by atoms with Gasteiger partial charge in [-0.05, 0) is 39.8 Å². The van der Waals surface area contributed by atoms with Crippen LogP contribution >= 0.6 is 0 Å². The highest BCUT2D eigenvalue weighted by Crippen LogP contribution is 2.16. The number of nitrogens with two attached hydrogens (primary N) is 1. The summed E-state index contributed by atoms with van der Waals surface area (Å²) in [5, 5.41) is 0. The zero-order valence-electron chi connectivity index (χ0n) is 8.88. The summed E-state index contributed by atoms with van der Waals surface area (Å²) in [6, 6.07) is 0. The summed E-state index contributed by atoms with van der Waals surface area (Å²) in [6.07, 6.45) is 2.35. The lowest BCUT2D eigenvalue weighted by atomic mass is 10.1. The number of hydrogen-bond donors (Lipinski definition) is 1. The second-order valence-corrected chi connectivity index (χ2v) is 4.38. The molecule has 2 N–H and O–H groups in total. The lowest BCUT2D eigenvalue weighted by molar-refractivity contribution is -0.0860. The van der Waals surface area contributed by atoms with Gasteiger partial charge in [-0.15, -0.1) is 0 Å². The smallest absolute Gasteiger partial charge is 0.0753 e. The fourth-order valence-electron chi connectivity index (χ4n) is 1.78. The molecule has 0 aromatic heterocycles. The van der Waals surface area contributed by atoms with Crippen LogP contribution in [0.25, 0.3) is 0 Å². The molecule has 78 valence electrons. The van der Waals surface area contributed by atoms with E-state index in [9.17, 15) is 0 Å². The second kappa shape index (κ2) is 4.94. The van der Waals surface area contributed by atoms with Crippen LogP contribution in [0.3, 0.4) is 0 Å². The predicted molar refractivity (Wildman–Crippen MR) is 54.8 cm³/mol. The molecule has 0 radical (unpaired) electrons. The van der Waals surface area contributed by atoms with Crippen LogP contribution in [-0.4, -0.2) is 43.3 Å². The molecule has 1 aliphatic rings. The van der Waals surface area contributed by atoms with E-state index >= 15 is 0 Å². The van der Waals surface area contributed by atoms with Crippen LogP contribution in [0.4, 0.5) is 0 Å². The van der Waals surface area contributed by atoms with Crippen LogP contribution in [0.2, 0.25) is 0 Å². The SMILES string of the molecule is CC1(C)CN(CCCCN)CCO1. The molecule has 0 spiro atoms. The van der Waals surface area contributed by atoms with Crippen LogP contribution in [0.15, 0.2) is 0 Å². The van der Waals surface area contributed by atoms with Crippen molar-refractivity contribution in [2.24, 2.45) is 5.73 Å². The Morgan fingerprint density at radius 2 is 2.15 bits per heavy atom. The van der Waals surface area contributed by atoms with Gasteiger partial charge in [-0.25, -0.2) is 0 Å². The fourth-order valence-corrected chi connectivity index (χ4v) is 1.78. The first-order valence-electron chi connectivity index (χ1n) is 5.20. The molecular weight excluding hydrogens is 164 g/mol. The van der Waals surface area contributed by atoms with E-state index in [1.165, 1.54) is 13.0 Å². The summed E-state index contributed by atoms with van der Waals surface area (Å²) in [5.74, 6) is 0. The van der Waals surface area contributed by atoms with Crippen molar-refractivity contribution >= 4 is 0 Å². The molecule has 13 heavy (non-hydrogen) atoms. The van der Waals surface area contributed by atoms with Crippen LogP contribution in [-0.2, 0) is 4.74 Å². The van der Waals surface area contributed by atoms with E-state index in [-0.39, 0.29) is 5.60 Å². The summed E-state index contributed by atoms with van der Waals surface area (Å²) in [7, 11) is 0. The van der Waals surface area contributed by atoms with E-state index < -0.39 is 0 Å². The standard InChI is InChI=1S/C10H22N2O/c1-10(2)9-12(7-8-13-10)6-4-3-5-11/h3-9,11H2,1-2H3. The van der Waals surface area contributed by atoms with Crippen molar-refractivity contribution in [3.8, 4) is 0 Å². The molecule has 0 saturated carbocycles. The zero-order valence-corrected chi connectivity index (χ0v) is 8.88. The van der Waals surface area contributed by atoms with E-state index in [4.69, 9.17) is 10.5 Å². The van der Waals surface area contributed by atoms with Crippen molar-refractivity contribution in [2.75, 3.05) is 32.8 Å². The minimum atomic E-state index is 0.0426. The Bertz CT molecular complexity index is 148. The lowest BCUT2D eigenvalue weighted by Gasteiger charge is -2.38. The lowest BCUT2D eigenvalue weighted by Crippen LogP contribution is -2.48. The summed E-state index contributed by atoms with van der Waals surface area (Å²) in [5.41, 5.74) is 5.50. The highest BCUT2D eigenvalue weighted by molar-refractivity contribution is 4.78. The highest BCUT2D eigenvalue weighted by atomic mass is 16.5. The van der Waals surface area contributed by atoms with Gasteiger partial charge < -0.3 is 10.5 Å². The third-order valence-electron chi connectivity index (χ3n) is 2.43. The largest absolute Gasteiger partial charge is 0.373 e. The van der Waals surface area contributed by atoms with Crippen LogP contribution in [0, 0.1) is 0 Å². The summed E-state index contributed by atoms with van der Waals surface area (Å²) < 4.78 is 5.64. The topological polar surface area (TPSA) is 38.5 Å². The van der Waals surface area contributed by atoms with E-state index in [1.807, 2.05) is 0 Å². The van der Waals surface area contributed by atoms with Gasteiger partial charge in [0.25, 0.3) is 0 Å². The molecule has 3 nitrogen and oxygen atoms in total. The van der Waals surface area contributed by atoms with E-state index in [1.54, 1.807) is 0 Å². The first-order chi connectivity index (χ1) is 6.14. The normalized spacial score (nSPS) is 23.3. The molecule has 1 heterocycles. The van der Waals surface area contributed by atoms with Gasteiger partial charge in [0.15, 0.2) is 0 Å². The Balaban J connectivity index is 2.19. The maximum absolute atomic E-state index is 5.64. The number of unbranched alkanes of at least 4 members (excludes halogenated alkanes) is 1. The highest BCUT2D eigenvalue weighted by Gasteiger charge is 2.26. The van der Waals surface area contributed by atoms with Gasteiger partial charge in [0.2, 0.25) is 0 Å². The summed E-state index contributed by atoms with van der Waals surface area (Å²) in [6.45, 7) is 9.29. The molecule has 0 aromatic rings. The molecular formula is C10H22N2O. The zero-order chi connectivity index (χ0) is 9.73. The molecule has 0 unspecified atom stereocenters. The predicted octanol–water partition coefficient (Wildman–Crippen LogP) is 0.836. The van der Waals surface area contributed by atoms with Gasteiger partial charge in [0.05, 0.1) is 12.2 Å². The average Bonchev–Trinajstić information content (AvgIpc) is 2.03. The van der Waals surface area contributed by atoms with Gasteiger partial charge in [0.1, 0.15) is 0 Å². The molecule has 1 aliphatic heterocycles. The van der Waals surface area contributed by atoms with Crippen LogP contribution in [0.5, 0.6) is 0 Å². The number of morpholine rings is 1. The van der Waals surface area contributed by atoms with Crippen molar-refractivity contribution in [3.63, 3.8) is 0 Å². The molecule has 1 saturated heterocycles. The molecule has 0 atom stereocenters. The number of hydrogen-bond acceptors (Lipinski definition) is 3. The Morgan fingerprint density at radius 1 is 1.38 bits per heavy atom. The molecule has 1 fully saturated rings. The average molecular weight is 186 g/mol. The minimum absolute atomic E-state index is 0.0426. The monoisotopic (exact) mass is 186 g/mol. The molecule has 0 amide bonds. The summed E-state index contributed by atoms with van der Waals surface area (Å²) >= 11 is 0. The first-order valence-corrected chi connectivity index (χ1v) is 5.20. The molecule has 0 aromatic carbocycles. The van der Waals surface area contributed by atoms with Gasteiger partial charge in [-0.3, -0.25) is 4.90 Å². The van der Waals surface area contributed by atoms with E-state index in [0.29, 0.717) is 0 Å². The van der Waals surface area contributed by atoms with Crippen molar-refractivity contribution < 1.29 is 4.74 Å². The van der Waals surface area contributed by atoms with Crippen molar-refractivity contribution in [3.05, 3.63) is 0 Å². The molecule has 0 bridgehead atoms. The number of nitrogens with zero attached hydrogens (tertiary/aromatic N) is 1.